The monoisotopic (exact) mass is 297 g/mol. The Morgan fingerprint density at radius 3 is 2.74 bits per heavy atom. The predicted molar refractivity (Wildman–Crippen MR) is 76.9 cm³/mol. The van der Waals surface area contributed by atoms with E-state index in [1.54, 1.807) is 17.6 Å². The van der Waals surface area contributed by atoms with Crippen molar-refractivity contribution in [1.82, 2.24) is 5.32 Å². The van der Waals surface area contributed by atoms with Crippen LogP contribution in [0.3, 0.4) is 0 Å². The van der Waals surface area contributed by atoms with Crippen molar-refractivity contribution in [3.05, 3.63) is 45.5 Å². The second kappa shape index (κ2) is 6.09. The van der Waals surface area contributed by atoms with Gasteiger partial charge in [0.25, 0.3) is 0 Å². The van der Waals surface area contributed by atoms with Gasteiger partial charge in [0.2, 0.25) is 0 Å². The molecule has 0 radical (unpaired) electrons. The zero-order valence-electron chi connectivity index (χ0n) is 10.5. The molecular weight excluding hydrogens is 282 g/mol. The van der Waals surface area contributed by atoms with Crippen molar-refractivity contribution in [3.8, 4) is 0 Å². The SMILES string of the molecule is Clc1ccc(C(NC2CCOCC2)c2ccco2)s1. The molecule has 1 aliphatic rings. The van der Waals surface area contributed by atoms with Gasteiger partial charge in [-0.15, -0.1) is 11.3 Å². The van der Waals surface area contributed by atoms with Crippen molar-refractivity contribution in [2.75, 3.05) is 13.2 Å². The molecule has 0 aliphatic carbocycles. The lowest BCUT2D eigenvalue weighted by Crippen LogP contribution is -2.37. The molecule has 0 spiro atoms. The zero-order chi connectivity index (χ0) is 13.1. The van der Waals surface area contributed by atoms with Gasteiger partial charge in [0, 0.05) is 24.1 Å². The fourth-order valence-electron chi connectivity index (χ4n) is 2.34. The first-order chi connectivity index (χ1) is 9.33. The fraction of sp³-hybridized carbons (Fsp3) is 0.429. The average Bonchev–Trinajstić information content (AvgIpc) is 3.09. The van der Waals surface area contributed by atoms with Crippen molar-refractivity contribution >= 4 is 22.9 Å². The Morgan fingerprint density at radius 1 is 1.26 bits per heavy atom. The molecule has 3 heterocycles. The molecule has 3 rings (SSSR count). The van der Waals surface area contributed by atoms with Crippen LogP contribution in [0.1, 0.15) is 29.5 Å². The van der Waals surface area contributed by atoms with E-state index in [1.807, 2.05) is 18.2 Å². The molecule has 5 heteroatoms. The summed E-state index contributed by atoms with van der Waals surface area (Å²) in [7, 11) is 0. The van der Waals surface area contributed by atoms with E-state index in [4.69, 9.17) is 20.8 Å². The Morgan fingerprint density at radius 2 is 2.11 bits per heavy atom. The van der Waals surface area contributed by atoms with E-state index in [0.29, 0.717) is 6.04 Å². The molecule has 3 nitrogen and oxygen atoms in total. The maximum absolute atomic E-state index is 6.05. The summed E-state index contributed by atoms with van der Waals surface area (Å²) in [6, 6.07) is 8.46. The van der Waals surface area contributed by atoms with Gasteiger partial charge in [0.1, 0.15) is 11.8 Å². The second-order valence-electron chi connectivity index (χ2n) is 4.64. The molecule has 1 fully saturated rings. The third kappa shape index (κ3) is 3.20. The second-order valence-corrected chi connectivity index (χ2v) is 6.39. The number of ether oxygens (including phenoxy) is 1. The van der Waals surface area contributed by atoms with Crippen LogP contribution in [0, 0.1) is 0 Å². The number of hydrogen-bond acceptors (Lipinski definition) is 4. The van der Waals surface area contributed by atoms with Gasteiger partial charge in [-0.25, -0.2) is 0 Å². The molecule has 0 bridgehead atoms. The molecule has 102 valence electrons. The molecule has 1 atom stereocenters. The van der Waals surface area contributed by atoms with E-state index in [1.165, 1.54) is 4.88 Å². The summed E-state index contributed by atoms with van der Waals surface area (Å²) < 4.78 is 11.8. The van der Waals surface area contributed by atoms with Crippen LogP contribution in [0.5, 0.6) is 0 Å². The van der Waals surface area contributed by atoms with Crippen LogP contribution in [0.25, 0.3) is 0 Å². The number of hydrogen-bond donors (Lipinski definition) is 1. The average molecular weight is 298 g/mol. The molecular formula is C14H16ClNO2S. The first-order valence-corrected chi connectivity index (χ1v) is 7.65. The summed E-state index contributed by atoms with van der Waals surface area (Å²) in [6.07, 6.45) is 3.79. The quantitative estimate of drug-likeness (QED) is 0.931. The Labute approximate surface area is 121 Å². The third-order valence-electron chi connectivity index (χ3n) is 3.33. The van der Waals surface area contributed by atoms with Gasteiger partial charge in [-0.1, -0.05) is 11.6 Å². The first kappa shape index (κ1) is 13.2. The van der Waals surface area contributed by atoms with Gasteiger partial charge in [-0.2, -0.15) is 0 Å². The summed E-state index contributed by atoms with van der Waals surface area (Å²) in [5.41, 5.74) is 0. The van der Waals surface area contributed by atoms with Gasteiger partial charge in [0.15, 0.2) is 0 Å². The van der Waals surface area contributed by atoms with Crippen molar-refractivity contribution < 1.29 is 9.15 Å². The van der Waals surface area contributed by atoms with Crippen LogP contribution in [0.2, 0.25) is 4.34 Å². The standard InChI is InChI=1S/C14H16ClNO2S/c15-13-4-3-12(19-13)14(11-2-1-7-18-11)16-10-5-8-17-9-6-10/h1-4,7,10,14,16H,5-6,8-9H2. The van der Waals surface area contributed by atoms with Crippen LogP contribution in [-0.4, -0.2) is 19.3 Å². The number of nitrogens with one attached hydrogen (secondary N) is 1. The third-order valence-corrected chi connectivity index (χ3v) is 4.63. The number of halogens is 1. The summed E-state index contributed by atoms with van der Waals surface area (Å²) >= 11 is 7.64. The molecule has 19 heavy (non-hydrogen) atoms. The van der Waals surface area contributed by atoms with E-state index in [9.17, 15) is 0 Å². The Kier molecular flexibility index (Phi) is 4.23. The Balaban J connectivity index is 1.80. The van der Waals surface area contributed by atoms with Gasteiger partial charge in [0.05, 0.1) is 10.6 Å². The molecule has 1 saturated heterocycles. The normalized spacial score (nSPS) is 18.6. The molecule has 1 aliphatic heterocycles. The highest BCUT2D eigenvalue weighted by molar-refractivity contribution is 7.16. The molecule has 2 aromatic heterocycles. The number of rotatable bonds is 4. The van der Waals surface area contributed by atoms with Gasteiger partial charge in [-0.3, -0.25) is 0 Å². The van der Waals surface area contributed by atoms with Crippen LogP contribution < -0.4 is 5.32 Å². The minimum atomic E-state index is 0.0793. The van der Waals surface area contributed by atoms with Crippen LogP contribution in [0.4, 0.5) is 0 Å². The Hall–Kier alpha value is -0.810. The van der Waals surface area contributed by atoms with E-state index < -0.39 is 0 Å². The highest BCUT2D eigenvalue weighted by Gasteiger charge is 2.23. The van der Waals surface area contributed by atoms with E-state index in [-0.39, 0.29) is 6.04 Å². The van der Waals surface area contributed by atoms with Crippen molar-refractivity contribution in [1.29, 1.82) is 0 Å². The molecule has 0 aromatic carbocycles. The maximum atomic E-state index is 6.05. The number of furan rings is 1. The lowest BCUT2D eigenvalue weighted by atomic mass is 10.1. The zero-order valence-corrected chi connectivity index (χ0v) is 12.0. The summed E-state index contributed by atoms with van der Waals surface area (Å²) in [5, 5.41) is 3.67. The van der Waals surface area contributed by atoms with E-state index in [2.05, 4.69) is 11.4 Å². The molecule has 0 saturated carbocycles. The lowest BCUT2D eigenvalue weighted by molar-refractivity contribution is 0.0755. The topological polar surface area (TPSA) is 34.4 Å². The van der Waals surface area contributed by atoms with Gasteiger partial charge < -0.3 is 14.5 Å². The molecule has 1 N–H and O–H groups in total. The smallest absolute Gasteiger partial charge is 0.126 e. The van der Waals surface area contributed by atoms with Gasteiger partial charge in [-0.05, 0) is 37.1 Å². The summed E-state index contributed by atoms with van der Waals surface area (Å²) in [6.45, 7) is 1.65. The highest BCUT2D eigenvalue weighted by Crippen LogP contribution is 2.32. The molecule has 1 unspecified atom stereocenters. The first-order valence-electron chi connectivity index (χ1n) is 6.45. The van der Waals surface area contributed by atoms with E-state index in [0.717, 1.165) is 36.2 Å². The summed E-state index contributed by atoms with van der Waals surface area (Å²) in [4.78, 5) is 1.19. The van der Waals surface area contributed by atoms with Crippen molar-refractivity contribution in [3.63, 3.8) is 0 Å². The fourth-order valence-corrected chi connectivity index (χ4v) is 3.47. The van der Waals surface area contributed by atoms with Crippen molar-refractivity contribution in [2.45, 2.75) is 24.9 Å². The van der Waals surface area contributed by atoms with Crippen LogP contribution in [-0.2, 0) is 4.74 Å². The molecule has 0 amide bonds. The maximum Gasteiger partial charge on any atom is 0.126 e. The largest absolute Gasteiger partial charge is 0.467 e. The Bertz CT molecular complexity index is 505. The van der Waals surface area contributed by atoms with E-state index >= 15 is 0 Å². The molecule has 2 aromatic rings. The van der Waals surface area contributed by atoms with Crippen molar-refractivity contribution in [2.24, 2.45) is 0 Å². The minimum Gasteiger partial charge on any atom is -0.467 e. The minimum absolute atomic E-state index is 0.0793. The highest BCUT2D eigenvalue weighted by atomic mass is 35.5. The van der Waals surface area contributed by atoms with Crippen LogP contribution >= 0.6 is 22.9 Å². The lowest BCUT2D eigenvalue weighted by Gasteiger charge is -2.27. The summed E-state index contributed by atoms with van der Waals surface area (Å²) in [5.74, 6) is 0.935. The van der Waals surface area contributed by atoms with Crippen LogP contribution in [0.15, 0.2) is 34.9 Å². The number of thiophene rings is 1. The predicted octanol–water partition coefficient (Wildman–Crippen LogP) is 3.85. The van der Waals surface area contributed by atoms with Gasteiger partial charge >= 0.3 is 0 Å².